The fourth-order valence-electron chi connectivity index (χ4n) is 1.87. The van der Waals surface area contributed by atoms with Gasteiger partial charge in [-0.05, 0) is 46.9 Å². The Morgan fingerprint density at radius 1 is 1.28 bits per heavy atom. The van der Waals surface area contributed by atoms with Crippen molar-refractivity contribution in [3.8, 4) is 0 Å². The number of hydrogen-bond donors (Lipinski definition) is 1. The molecule has 0 aromatic heterocycles. The number of ether oxygens (including phenoxy) is 2. The van der Waals surface area contributed by atoms with Crippen LogP contribution in [0, 0.1) is 3.57 Å². The lowest BCUT2D eigenvalue weighted by molar-refractivity contribution is -0.908. The number of carbonyl (C=O) groups excluding carboxylic acids is 1. The van der Waals surface area contributed by atoms with Crippen LogP contribution in [0.5, 0.6) is 0 Å². The van der Waals surface area contributed by atoms with Crippen LogP contribution in [0.3, 0.4) is 0 Å². The molecule has 0 amide bonds. The monoisotopic (exact) mass is 362 g/mol. The molecular formula is C13H17INO3+. The third kappa shape index (κ3) is 4.22. The van der Waals surface area contributed by atoms with Crippen LogP contribution in [0.25, 0.3) is 0 Å². The molecule has 1 aromatic rings. The molecule has 1 heterocycles. The van der Waals surface area contributed by atoms with Crippen molar-refractivity contribution in [1.82, 2.24) is 0 Å². The minimum atomic E-state index is -0.237. The van der Waals surface area contributed by atoms with Crippen LogP contribution >= 0.6 is 22.6 Å². The zero-order valence-corrected chi connectivity index (χ0v) is 12.3. The predicted molar refractivity (Wildman–Crippen MR) is 75.8 cm³/mol. The Balaban J connectivity index is 1.72. The second kappa shape index (κ2) is 7.06. The van der Waals surface area contributed by atoms with Crippen LogP contribution in [-0.2, 0) is 9.47 Å². The first-order valence-corrected chi connectivity index (χ1v) is 7.17. The molecule has 1 N–H and O–H groups in total. The second-order valence-corrected chi connectivity index (χ2v) is 5.50. The van der Waals surface area contributed by atoms with E-state index in [2.05, 4.69) is 22.6 Å². The van der Waals surface area contributed by atoms with Crippen LogP contribution in [0.4, 0.5) is 0 Å². The summed E-state index contributed by atoms with van der Waals surface area (Å²) in [5.41, 5.74) is 0.618. The van der Waals surface area contributed by atoms with Crippen molar-refractivity contribution in [3.63, 3.8) is 0 Å². The van der Waals surface area contributed by atoms with E-state index in [-0.39, 0.29) is 5.97 Å². The van der Waals surface area contributed by atoms with E-state index in [0.29, 0.717) is 12.2 Å². The molecule has 0 unspecified atom stereocenters. The van der Waals surface area contributed by atoms with E-state index >= 15 is 0 Å². The lowest BCUT2D eigenvalue weighted by Crippen LogP contribution is -3.14. The van der Waals surface area contributed by atoms with Gasteiger partial charge in [-0.2, -0.15) is 0 Å². The summed E-state index contributed by atoms with van der Waals surface area (Å²) in [7, 11) is 0. The summed E-state index contributed by atoms with van der Waals surface area (Å²) >= 11 is 2.21. The summed E-state index contributed by atoms with van der Waals surface area (Å²) < 4.78 is 11.7. The van der Waals surface area contributed by atoms with Gasteiger partial charge in [-0.1, -0.05) is 0 Å². The number of esters is 1. The van der Waals surface area contributed by atoms with Crippen molar-refractivity contribution in [2.75, 3.05) is 39.5 Å². The number of rotatable bonds is 4. The summed E-state index contributed by atoms with van der Waals surface area (Å²) in [6, 6.07) is 7.41. The molecular weight excluding hydrogens is 345 g/mol. The quantitative estimate of drug-likeness (QED) is 0.621. The van der Waals surface area contributed by atoms with Gasteiger partial charge < -0.3 is 14.4 Å². The fraction of sp³-hybridized carbons (Fsp3) is 0.462. The van der Waals surface area contributed by atoms with Crippen LogP contribution < -0.4 is 4.90 Å². The first-order valence-electron chi connectivity index (χ1n) is 6.10. The van der Waals surface area contributed by atoms with Crippen LogP contribution in [0.15, 0.2) is 24.3 Å². The molecule has 0 atom stereocenters. The highest BCUT2D eigenvalue weighted by Gasteiger charge is 2.14. The summed E-state index contributed by atoms with van der Waals surface area (Å²) in [5, 5.41) is 0. The van der Waals surface area contributed by atoms with Crippen molar-refractivity contribution in [1.29, 1.82) is 0 Å². The summed E-state index contributed by atoms with van der Waals surface area (Å²) in [6.45, 7) is 4.95. The smallest absolute Gasteiger partial charge is 0.338 e. The van der Waals surface area contributed by atoms with Crippen molar-refractivity contribution >= 4 is 28.6 Å². The molecule has 98 valence electrons. The molecule has 4 nitrogen and oxygen atoms in total. The normalized spacial score (nSPS) is 16.5. The summed E-state index contributed by atoms with van der Waals surface area (Å²) in [6.07, 6.45) is 0. The number of benzene rings is 1. The lowest BCUT2D eigenvalue weighted by atomic mass is 10.2. The second-order valence-electron chi connectivity index (χ2n) is 4.26. The van der Waals surface area contributed by atoms with E-state index in [1.54, 1.807) is 12.1 Å². The van der Waals surface area contributed by atoms with Crippen LogP contribution in [0.1, 0.15) is 10.4 Å². The number of halogens is 1. The first kappa shape index (κ1) is 13.8. The van der Waals surface area contributed by atoms with Gasteiger partial charge in [-0.3, -0.25) is 0 Å². The average molecular weight is 362 g/mol. The zero-order valence-electron chi connectivity index (χ0n) is 10.2. The maximum atomic E-state index is 11.7. The van der Waals surface area contributed by atoms with E-state index in [9.17, 15) is 4.79 Å². The SMILES string of the molecule is O=C(OCC[NH+]1CCOCC1)c1ccc(I)cc1. The van der Waals surface area contributed by atoms with Gasteiger partial charge in [0.2, 0.25) is 0 Å². The van der Waals surface area contributed by atoms with Crippen LogP contribution in [0.2, 0.25) is 0 Å². The molecule has 1 aromatic carbocycles. The number of quaternary nitrogens is 1. The molecule has 0 saturated carbocycles. The molecule has 2 rings (SSSR count). The molecule has 1 saturated heterocycles. The molecule has 0 bridgehead atoms. The molecule has 1 aliphatic heterocycles. The molecule has 0 aliphatic carbocycles. The van der Waals surface area contributed by atoms with Gasteiger partial charge in [0.15, 0.2) is 0 Å². The average Bonchev–Trinajstić information content (AvgIpc) is 2.40. The first-order chi connectivity index (χ1) is 8.75. The lowest BCUT2D eigenvalue weighted by Gasteiger charge is -2.23. The van der Waals surface area contributed by atoms with Crippen molar-refractivity contribution < 1.29 is 19.2 Å². The minimum absolute atomic E-state index is 0.237. The number of morpholine rings is 1. The van der Waals surface area contributed by atoms with Crippen molar-refractivity contribution in [2.24, 2.45) is 0 Å². The standard InChI is InChI=1S/C13H16INO3/c14-12-3-1-11(2-4-12)13(16)18-10-7-15-5-8-17-9-6-15/h1-4H,5-10H2/p+1. The van der Waals surface area contributed by atoms with Gasteiger partial charge in [0, 0.05) is 3.57 Å². The molecule has 5 heteroatoms. The zero-order chi connectivity index (χ0) is 12.8. The minimum Gasteiger partial charge on any atom is -0.456 e. The Bertz CT molecular complexity index is 388. The molecule has 0 radical (unpaired) electrons. The van der Waals surface area contributed by atoms with Crippen molar-refractivity contribution in [3.05, 3.63) is 33.4 Å². The highest BCUT2D eigenvalue weighted by molar-refractivity contribution is 14.1. The topological polar surface area (TPSA) is 40.0 Å². The van der Waals surface area contributed by atoms with Crippen LogP contribution in [-0.4, -0.2) is 45.4 Å². The van der Waals surface area contributed by atoms with Crippen molar-refractivity contribution in [2.45, 2.75) is 0 Å². The van der Waals surface area contributed by atoms with E-state index < -0.39 is 0 Å². The fourth-order valence-corrected chi connectivity index (χ4v) is 2.23. The molecule has 18 heavy (non-hydrogen) atoms. The molecule has 1 fully saturated rings. The Labute approximate surface area is 120 Å². The predicted octanol–water partition coefficient (Wildman–Crippen LogP) is 0.363. The number of nitrogens with one attached hydrogen (secondary N) is 1. The van der Waals surface area contributed by atoms with Gasteiger partial charge in [-0.25, -0.2) is 4.79 Å². The molecule has 0 spiro atoms. The highest BCUT2D eigenvalue weighted by atomic mass is 127. The third-order valence-corrected chi connectivity index (χ3v) is 3.69. The van der Waals surface area contributed by atoms with E-state index in [0.717, 1.165) is 36.4 Å². The van der Waals surface area contributed by atoms with Gasteiger partial charge in [0.25, 0.3) is 0 Å². The van der Waals surface area contributed by atoms with E-state index in [1.165, 1.54) is 4.90 Å². The highest BCUT2D eigenvalue weighted by Crippen LogP contribution is 2.07. The Morgan fingerprint density at radius 3 is 2.61 bits per heavy atom. The number of carbonyl (C=O) groups is 1. The Hall–Kier alpha value is -0.660. The maximum absolute atomic E-state index is 11.7. The van der Waals surface area contributed by atoms with Gasteiger partial charge in [-0.15, -0.1) is 0 Å². The van der Waals surface area contributed by atoms with E-state index in [4.69, 9.17) is 9.47 Å². The largest absolute Gasteiger partial charge is 0.456 e. The summed E-state index contributed by atoms with van der Waals surface area (Å²) in [5.74, 6) is -0.237. The molecule has 1 aliphatic rings. The van der Waals surface area contributed by atoms with E-state index in [1.807, 2.05) is 12.1 Å². The maximum Gasteiger partial charge on any atom is 0.338 e. The summed E-state index contributed by atoms with van der Waals surface area (Å²) in [4.78, 5) is 13.2. The Morgan fingerprint density at radius 2 is 1.94 bits per heavy atom. The third-order valence-electron chi connectivity index (χ3n) is 2.97. The number of hydrogen-bond acceptors (Lipinski definition) is 3. The van der Waals surface area contributed by atoms with Gasteiger partial charge in [0.1, 0.15) is 26.2 Å². The Kier molecular flexibility index (Phi) is 5.40. The van der Waals surface area contributed by atoms with Gasteiger partial charge >= 0.3 is 5.97 Å². The van der Waals surface area contributed by atoms with Gasteiger partial charge in [0.05, 0.1) is 18.8 Å².